The van der Waals surface area contributed by atoms with Crippen LogP contribution in [-0.2, 0) is 28.7 Å². The molecule has 0 aromatic heterocycles. The topological polar surface area (TPSA) is 86.4 Å². The van der Waals surface area contributed by atoms with Gasteiger partial charge in [-0.15, -0.1) is 0 Å². The number of piperazine rings is 1. The Morgan fingerprint density at radius 3 is 1.71 bits per heavy atom. The van der Waals surface area contributed by atoms with Crippen LogP contribution in [0.25, 0.3) is 0 Å². The highest BCUT2D eigenvalue weighted by atomic mass is 79.9. The largest absolute Gasteiger partial charge is 0.443 e. The molecular formula is C38H49Br2N5O4. The summed E-state index contributed by atoms with van der Waals surface area (Å²) in [5.41, 5.74) is 7.45. The maximum Gasteiger partial charge on any atom is 0.414 e. The Morgan fingerprint density at radius 1 is 0.633 bits per heavy atom. The average Bonchev–Trinajstić information content (AvgIpc) is 3.78. The molecule has 0 bridgehead atoms. The number of nitrogens with one attached hydrogen (secondary N) is 2. The summed E-state index contributed by atoms with van der Waals surface area (Å²) < 4.78 is 13.1. The minimum absolute atomic E-state index is 0.249. The molecule has 1 fully saturated rings. The molecule has 3 aromatic carbocycles. The van der Waals surface area contributed by atoms with Crippen LogP contribution in [0, 0.1) is 0 Å². The lowest BCUT2D eigenvalue weighted by Gasteiger charge is -2.30. The van der Waals surface area contributed by atoms with Crippen molar-refractivity contribution in [2.24, 2.45) is 0 Å². The van der Waals surface area contributed by atoms with E-state index in [0.717, 1.165) is 67.8 Å². The number of rotatable bonds is 1. The van der Waals surface area contributed by atoms with Crippen LogP contribution in [-0.4, -0.2) is 69.2 Å². The Kier molecular flexibility index (Phi) is 11.9. The summed E-state index contributed by atoms with van der Waals surface area (Å²) in [4.78, 5) is 30.1. The maximum absolute atomic E-state index is 12.3. The van der Waals surface area contributed by atoms with E-state index in [-0.39, 0.29) is 12.2 Å². The van der Waals surface area contributed by atoms with E-state index in [1.807, 2.05) is 53.7 Å². The highest BCUT2D eigenvalue weighted by Crippen LogP contribution is 2.34. The summed E-state index contributed by atoms with van der Waals surface area (Å²) in [5, 5.41) is 6.68. The van der Waals surface area contributed by atoms with Gasteiger partial charge in [0.1, 0.15) is 11.2 Å². The van der Waals surface area contributed by atoms with Crippen molar-refractivity contribution in [1.82, 2.24) is 5.32 Å². The number of carbonyl (C=O) groups is 2. The number of halogens is 2. The highest BCUT2D eigenvalue weighted by Gasteiger charge is 2.30. The number of ether oxygens (including phenoxy) is 2. The molecule has 0 unspecified atom stereocenters. The molecule has 49 heavy (non-hydrogen) atoms. The summed E-state index contributed by atoms with van der Waals surface area (Å²) in [6.07, 6.45) is 2.43. The Hall–Kier alpha value is -3.28. The summed E-state index contributed by atoms with van der Waals surface area (Å²) >= 11 is 6.87. The molecule has 0 spiro atoms. The third-order valence-corrected chi connectivity index (χ3v) is 9.37. The zero-order valence-electron chi connectivity index (χ0n) is 29.5. The molecule has 0 saturated carbocycles. The second kappa shape index (κ2) is 15.7. The number of amides is 2. The lowest BCUT2D eigenvalue weighted by Crippen LogP contribution is -2.43. The summed E-state index contributed by atoms with van der Waals surface area (Å²) in [6.45, 7) is 17.9. The van der Waals surface area contributed by atoms with E-state index in [4.69, 9.17) is 9.47 Å². The van der Waals surface area contributed by atoms with E-state index in [0.29, 0.717) is 13.1 Å². The molecule has 4 aliphatic heterocycles. The molecule has 4 heterocycles. The van der Waals surface area contributed by atoms with E-state index >= 15 is 0 Å². The number of carbonyl (C=O) groups excluding carboxylic acids is 2. The van der Waals surface area contributed by atoms with Crippen LogP contribution in [0.1, 0.15) is 58.2 Å². The van der Waals surface area contributed by atoms with Gasteiger partial charge in [-0.1, -0.05) is 31.9 Å². The molecule has 2 N–H and O–H groups in total. The standard InChI is InChI=1S/C17H25N3O2.C13H16BrNO2.C8H8BrN/c1-17(2,3)22-16(21)20-9-6-13-12-14(4-5-15(13)20)19-10-7-18-8-11-19;1-13(2,3)17-12(16)15-7-6-9-8-10(14)4-5-11(9)15;9-7-1-2-8-6(5-7)3-4-10-8/h4-5,12,18H,6-11H2,1-3H3;4-5,8H,6-7H2,1-3H3;1-2,5,10H,3-4H2. The van der Waals surface area contributed by atoms with Gasteiger partial charge in [0, 0.05) is 66.1 Å². The molecule has 0 radical (unpaired) electrons. The van der Waals surface area contributed by atoms with Crippen LogP contribution in [0.5, 0.6) is 0 Å². The number of fused-ring (bicyclic) bond motifs is 3. The number of hydrogen-bond donors (Lipinski definition) is 2. The molecular weight excluding hydrogens is 750 g/mol. The van der Waals surface area contributed by atoms with E-state index in [1.54, 1.807) is 9.80 Å². The van der Waals surface area contributed by atoms with Gasteiger partial charge in [-0.25, -0.2) is 9.59 Å². The quantitative estimate of drug-likeness (QED) is 0.255. The SMILES string of the molecule is Brc1ccc2c(c1)CCN2.CC(C)(C)OC(=O)N1CCc2cc(Br)ccc21.CC(C)(C)OC(=O)N1CCc2cc(N3CCNCC3)ccc21. The van der Waals surface area contributed by atoms with Gasteiger partial charge in [-0.2, -0.15) is 0 Å². The number of anilines is 4. The Labute approximate surface area is 307 Å². The van der Waals surface area contributed by atoms with Gasteiger partial charge >= 0.3 is 12.2 Å². The average molecular weight is 800 g/mol. The third kappa shape index (κ3) is 10.1. The van der Waals surface area contributed by atoms with Crippen molar-refractivity contribution >= 4 is 66.8 Å². The lowest BCUT2D eigenvalue weighted by molar-refractivity contribution is 0.0573. The van der Waals surface area contributed by atoms with Crippen LogP contribution in [0.15, 0.2) is 63.5 Å². The molecule has 4 aliphatic rings. The molecule has 264 valence electrons. The van der Waals surface area contributed by atoms with Crippen LogP contribution < -0.4 is 25.3 Å². The smallest absolute Gasteiger partial charge is 0.414 e. The minimum Gasteiger partial charge on any atom is -0.443 e. The Morgan fingerprint density at radius 2 is 1.14 bits per heavy atom. The van der Waals surface area contributed by atoms with E-state index in [1.165, 1.54) is 32.5 Å². The van der Waals surface area contributed by atoms with E-state index in [9.17, 15) is 9.59 Å². The monoisotopic (exact) mass is 797 g/mol. The second-order valence-electron chi connectivity index (χ2n) is 14.6. The van der Waals surface area contributed by atoms with E-state index in [2.05, 4.69) is 89.9 Å². The van der Waals surface area contributed by atoms with E-state index < -0.39 is 11.2 Å². The molecule has 2 amide bonds. The van der Waals surface area contributed by atoms with Gasteiger partial charge in [0.05, 0.1) is 11.4 Å². The molecule has 11 heteroatoms. The molecule has 9 nitrogen and oxygen atoms in total. The number of benzene rings is 3. The molecule has 7 rings (SSSR count). The van der Waals surface area contributed by atoms with Crippen LogP contribution >= 0.6 is 31.9 Å². The van der Waals surface area contributed by atoms with Gasteiger partial charge in [-0.3, -0.25) is 9.80 Å². The van der Waals surface area contributed by atoms with Gasteiger partial charge in [0.15, 0.2) is 0 Å². The summed E-state index contributed by atoms with van der Waals surface area (Å²) in [5.74, 6) is 0. The van der Waals surface area contributed by atoms with Crippen LogP contribution in [0.4, 0.5) is 32.3 Å². The first-order valence-electron chi connectivity index (χ1n) is 17.1. The maximum atomic E-state index is 12.3. The van der Waals surface area contributed by atoms with Crippen molar-refractivity contribution in [3.63, 3.8) is 0 Å². The zero-order chi connectivity index (χ0) is 35.3. The number of hydrogen-bond acceptors (Lipinski definition) is 7. The van der Waals surface area contributed by atoms with Gasteiger partial charge < -0.3 is 25.0 Å². The normalized spacial score (nSPS) is 16.3. The molecule has 0 aliphatic carbocycles. The second-order valence-corrected chi connectivity index (χ2v) is 16.4. The van der Waals surface area contributed by atoms with Gasteiger partial charge in [0.2, 0.25) is 0 Å². The van der Waals surface area contributed by atoms with Crippen molar-refractivity contribution in [3.05, 3.63) is 80.2 Å². The van der Waals surface area contributed by atoms with Crippen molar-refractivity contribution < 1.29 is 19.1 Å². The van der Waals surface area contributed by atoms with Crippen LogP contribution in [0.3, 0.4) is 0 Å². The molecule has 1 saturated heterocycles. The predicted octanol–water partition coefficient (Wildman–Crippen LogP) is 8.56. The number of nitrogens with zero attached hydrogens (tertiary/aromatic N) is 3. The fourth-order valence-corrected chi connectivity index (χ4v) is 6.98. The van der Waals surface area contributed by atoms with Crippen molar-refractivity contribution in [2.45, 2.75) is 72.0 Å². The first kappa shape index (κ1) is 37.0. The predicted molar refractivity (Wildman–Crippen MR) is 207 cm³/mol. The fourth-order valence-electron chi connectivity index (χ4n) is 6.17. The first-order chi connectivity index (χ1) is 23.2. The molecule has 3 aromatic rings. The molecule has 0 atom stereocenters. The fraction of sp³-hybridized carbons (Fsp3) is 0.474. The Balaban J connectivity index is 0.000000153. The van der Waals surface area contributed by atoms with Crippen molar-refractivity contribution in [2.75, 3.05) is 65.8 Å². The lowest BCUT2D eigenvalue weighted by atomic mass is 10.1. The van der Waals surface area contributed by atoms with Crippen LogP contribution in [0.2, 0.25) is 0 Å². The third-order valence-electron chi connectivity index (χ3n) is 8.38. The van der Waals surface area contributed by atoms with Crippen molar-refractivity contribution in [1.29, 1.82) is 0 Å². The minimum atomic E-state index is -0.458. The van der Waals surface area contributed by atoms with Gasteiger partial charge in [0.25, 0.3) is 0 Å². The first-order valence-corrected chi connectivity index (χ1v) is 18.7. The zero-order valence-corrected chi connectivity index (χ0v) is 32.7. The summed E-state index contributed by atoms with van der Waals surface area (Å²) in [6, 6.07) is 18.7. The summed E-state index contributed by atoms with van der Waals surface area (Å²) in [7, 11) is 0. The van der Waals surface area contributed by atoms with Gasteiger partial charge in [-0.05, 0) is 132 Å². The Bertz CT molecular complexity index is 1650. The van der Waals surface area contributed by atoms with Crippen molar-refractivity contribution in [3.8, 4) is 0 Å². The highest BCUT2D eigenvalue weighted by molar-refractivity contribution is 9.10.